The predicted octanol–water partition coefficient (Wildman–Crippen LogP) is 7.18. The van der Waals surface area contributed by atoms with Gasteiger partial charge in [-0.25, -0.2) is 26.3 Å². The highest BCUT2D eigenvalue weighted by Crippen LogP contribution is 2.69. The Kier molecular flexibility index (Phi) is 16.4. The van der Waals surface area contributed by atoms with E-state index < -0.39 is 99.4 Å². The average molecular weight is 1520 g/mol. The van der Waals surface area contributed by atoms with Crippen molar-refractivity contribution in [3.8, 4) is 46.0 Å². The molecule has 11 saturated heterocycles. The summed E-state index contributed by atoms with van der Waals surface area (Å²) in [6.45, 7) is 46.2. The summed E-state index contributed by atoms with van der Waals surface area (Å²) in [5, 5.41) is 0. The topological polar surface area (TPSA) is 254 Å². The van der Waals surface area contributed by atoms with Crippen LogP contribution in [0.2, 0.25) is 0 Å². The average Bonchev–Trinajstić information content (AvgIpc) is 1.48. The third-order valence-corrected chi connectivity index (χ3v) is 33.2. The summed E-state index contributed by atoms with van der Waals surface area (Å²) < 4.78 is 43.4. The van der Waals surface area contributed by atoms with Crippen LogP contribution in [0.25, 0.3) is 19.4 Å². The highest BCUT2D eigenvalue weighted by molar-refractivity contribution is 8.78. The molecule has 0 aromatic heterocycles. The molecule has 4 aromatic carbocycles. The van der Waals surface area contributed by atoms with Crippen LogP contribution >= 0.6 is 21.6 Å². The van der Waals surface area contributed by atoms with Crippen LogP contribution in [0, 0.1) is 26.3 Å². The summed E-state index contributed by atoms with van der Waals surface area (Å²) in [5.74, 6) is 4.06. The van der Waals surface area contributed by atoms with Gasteiger partial charge < -0.3 is 96.5 Å². The van der Waals surface area contributed by atoms with Crippen LogP contribution in [-0.4, -0.2) is 208 Å². The van der Waals surface area contributed by atoms with Gasteiger partial charge in [-0.2, -0.15) is 0 Å². The van der Waals surface area contributed by atoms with Gasteiger partial charge in [-0.15, -0.1) is 0 Å². The molecular weight excluding hydrogens is 1450 g/mol. The molecule has 0 saturated carbocycles. The SMILES string of the molecule is [C-]#[N+][C@@]1(C)C[C@@]23SS[C@](C)(C(=O)N2C1c1ccc2c(c1)OCO2)N(C)C3=O.[C-]#[N+][C@@]1(C)C[C@H]2C(=O)N(C)[C@H](C)C(=O)N2C1c1ccc2c(c1)OCO2.[C-]#[N+][C@@]1(C)C[C@H]2C(=O)N(C)[C@H](C)C(=O)N2C1c1ccc2c(c1)OCO2.[C-]#[N+][C@@]1(C)C[C@]23C(=O)N(C)[C@@](C)(C(=O)N2C1c1ccc2c(c1)OCO2)S3=S=S. The van der Waals surface area contributed by atoms with E-state index in [1.807, 2.05) is 76.2 Å². The Morgan fingerprint density at radius 2 is 0.810 bits per heavy atom. The molecule has 15 aliphatic heterocycles. The molecule has 105 heavy (non-hydrogen) atoms. The van der Waals surface area contributed by atoms with Crippen LogP contribution in [0.1, 0.15) is 127 Å². The number of rotatable bonds is 4. The lowest BCUT2D eigenvalue weighted by molar-refractivity contribution is -0.164. The Hall–Kier alpha value is -9.51. The van der Waals surface area contributed by atoms with E-state index in [9.17, 15) is 38.4 Å². The zero-order valence-electron chi connectivity index (χ0n) is 59.1. The van der Waals surface area contributed by atoms with E-state index in [-0.39, 0.29) is 80.9 Å². The van der Waals surface area contributed by atoms with Crippen LogP contribution in [0.5, 0.6) is 46.0 Å². The fraction of sp³-hybridized carbons (Fsp3) is 0.500. The van der Waals surface area contributed by atoms with Crippen LogP contribution in [0.15, 0.2) is 72.8 Å². The number of piperazine rings is 4. The second-order valence-corrected chi connectivity index (χ2v) is 37.2. The number of ether oxygens (including phenoxy) is 8. The number of hydrogen-bond donors (Lipinski definition) is 0. The van der Waals surface area contributed by atoms with Gasteiger partial charge in [0.05, 0.1) is 25.7 Å². The fourth-order valence-electron chi connectivity index (χ4n) is 17.7. The second kappa shape index (κ2) is 24.3. The highest BCUT2D eigenvalue weighted by Gasteiger charge is 2.83. The Morgan fingerprint density at radius 1 is 0.448 bits per heavy atom. The highest BCUT2D eigenvalue weighted by atomic mass is 33.1. The summed E-state index contributed by atoms with van der Waals surface area (Å²) in [6.07, 6.45) is 1.24. The quantitative estimate of drug-likeness (QED) is 0.145. The zero-order valence-corrected chi connectivity index (χ0v) is 63.2. The van der Waals surface area contributed by atoms with Crippen molar-refractivity contribution in [2.45, 2.75) is 171 Å². The molecule has 0 N–H and O–H groups in total. The van der Waals surface area contributed by atoms with E-state index in [4.69, 9.17) is 75.4 Å². The Labute approximate surface area is 623 Å². The van der Waals surface area contributed by atoms with E-state index in [0.717, 1.165) is 31.1 Å². The minimum atomic E-state index is -1.06. The summed E-state index contributed by atoms with van der Waals surface area (Å²) in [5.41, 5.74) is -0.433. The third-order valence-electron chi connectivity index (χ3n) is 23.7. The molecule has 11 fully saturated rings. The van der Waals surface area contributed by atoms with E-state index in [2.05, 4.69) is 19.4 Å². The molecule has 0 aliphatic carbocycles. The molecule has 28 nitrogen and oxygen atoms in total. The maximum atomic E-state index is 13.6. The van der Waals surface area contributed by atoms with Crippen molar-refractivity contribution >= 4 is 98.4 Å². The minimum absolute atomic E-state index is 0.105. The fourth-order valence-corrected chi connectivity index (χ4v) is 27.9. The summed E-state index contributed by atoms with van der Waals surface area (Å²) in [4.78, 5) is 129. The predicted molar refractivity (Wildman–Crippen MR) is 384 cm³/mol. The summed E-state index contributed by atoms with van der Waals surface area (Å²) >= 11 is 5.34. The van der Waals surface area contributed by atoms with E-state index in [1.54, 1.807) is 110 Å². The normalized spacial score (nSPS) is 36.6. The van der Waals surface area contributed by atoms with Crippen molar-refractivity contribution < 1.29 is 76.3 Å². The smallest absolute Gasteiger partial charge is 0.262 e. The van der Waals surface area contributed by atoms with E-state index >= 15 is 0 Å². The molecular formula is C72H72N12O16S5. The maximum Gasteiger partial charge on any atom is 0.262 e. The molecule has 33 heteroatoms. The molecule has 2 spiro atoms. The van der Waals surface area contributed by atoms with Crippen molar-refractivity contribution in [2.24, 2.45) is 0 Å². The van der Waals surface area contributed by atoms with Gasteiger partial charge in [-0.3, -0.25) is 38.4 Å². The molecule has 4 bridgehead atoms. The summed E-state index contributed by atoms with van der Waals surface area (Å²) in [7, 11) is 9.87. The van der Waals surface area contributed by atoms with Crippen LogP contribution < -0.4 is 37.9 Å². The second-order valence-electron chi connectivity index (χ2n) is 29.6. The number of benzene rings is 4. The molecule has 4 aromatic rings. The van der Waals surface area contributed by atoms with Gasteiger partial charge in [0.25, 0.3) is 45.8 Å². The standard InChI is InChI=1S/C18H17N3O4S3.C18H17N3O4S2.2C18H19N3O4/c1-16(19-3)8-18-15(23)20(4)17(2,28(18)27-26)14(22)21(18)13(16)10-5-6-11-12(7-10)25-9-24-11;1-16(19-3)8-18-15(23)20(4)17(2,26-27-18)14(22)21(18)13(16)10-5-6-11-12(7-10)25-9-24-11;2*1-10-16(22)21-12(17(23)20(10)4)8-18(2,19-3)15(21)11-5-6-13-14(7-11)25-9-24-13/h5-7,13H,8-9H2,1-2,4H3;5-7,13H,8-9H2,1-2,4H3;2*5-7,10,12,15H,8-9H2,1-2,4H3/t13?,16-,17+,18-,28?;13?,16-,17+,18-;2*10-,12+,15?,18+/m0011/s1. The molecule has 17 atom stereocenters. The lowest BCUT2D eigenvalue weighted by Gasteiger charge is -2.57. The van der Waals surface area contributed by atoms with E-state index in [0.29, 0.717) is 65.3 Å². The number of likely N-dealkylation sites (N-methyl/N-ethyl adjacent to an activating group) is 4. The monoisotopic (exact) mass is 1520 g/mol. The first kappa shape index (κ1) is 71.1. The molecule has 15 aliphatic rings. The Balaban J connectivity index is 0.000000113. The van der Waals surface area contributed by atoms with Gasteiger partial charge in [0, 0.05) is 55.9 Å². The van der Waals surface area contributed by atoms with E-state index in [1.165, 1.54) is 31.4 Å². The lowest BCUT2D eigenvalue weighted by atomic mass is 9.87. The molecule has 8 amide bonds. The molecule has 15 heterocycles. The van der Waals surface area contributed by atoms with Gasteiger partial charge in [-0.05, 0) is 128 Å². The largest absolute Gasteiger partial charge is 0.454 e. The number of fused-ring (bicyclic) bond motifs is 9. The van der Waals surface area contributed by atoms with Crippen LogP contribution in [0.4, 0.5) is 0 Å². The number of hydrogen-bond acceptors (Lipinski definition) is 19. The van der Waals surface area contributed by atoms with Gasteiger partial charge in [0.1, 0.15) is 48.3 Å². The maximum absolute atomic E-state index is 13.6. The van der Waals surface area contributed by atoms with Crippen LogP contribution in [-0.2, 0) is 67.9 Å². The van der Waals surface area contributed by atoms with Crippen molar-refractivity contribution in [1.82, 2.24) is 39.2 Å². The molecule has 546 valence electrons. The summed E-state index contributed by atoms with van der Waals surface area (Å²) in [6, 6.07) is 17.6. The lowest BCUT2D eigenvalue weighted by Crippen LogP contribution is -2.73. The Morgan fingerprint density at radius 3 is 1.19 bits per heavy atom. The Bertz CT molecular complexity index is 4710. The number of carbonyl (C=O) groups is 8. The molecule has 19 rings (SSSR count). The molecule has 5 unspecified atom stereocenters. The van der Waals surface area contributed by atoms with Gasteiger partial charge in [0.15, 0.2) is 65.5 Å². The third kappa shape index (κ3) is 9.65. The first-order chi connectivity index (χ1) is 49.8. The molecule has 0 radical (unpaired) electrons. The van der Waals surface area contributed by atoms with Gasteiger partial charge >= 0.3 is 0 Å². The number of nitrogens with zero attached hydrogens (tertiary/aromatic N) is 12. The van der Waals surface area contributed by atoms with Gasteiger partial charge in [-0.1, -0.05) is 45.9 Å². The van der Waals surface area contributed by atoms with Crippen molar-refractivity contribution in [2.75, 3.05) is 55.4 Å². The number of carbonyl (C=O) groups excluding carboxylic acids is 8. The number of amides is 8. The van der Waals surface area contributed by atoms with Crippen molar-refractivity contribution in [3.05, 3.63) is 141 Å². The van der Waals surface area contributed by atoms with Gasteiger partial charge in [0.2, 0.25) is 50.8 Å². The first-order valence-corrected chi connectivity index (χ1v) is 39.4. The zero-order chi connectivity index (χ0) is 75.1. The van der Waals surface area contributed by atoms with Crippen LogP contribution in [0.3, 0.4) is 0 Å². The minimum Gasteiger partial charge on any atom is -0.454 e. The van der Waals surface area contributed by atoms with Crippen molar-refractivity contribution in [3.63, 3.8) is 0 Å². The van der Waals surface area contributed by atoms with Crippen molar-refractivity contribution in [1.29, 1.82) is 0 Å². The first-order valence-electron chi connectivity index (χ1n) is 33.7.